The number of hydrogen-bond acceptors (Lipinski definition) is 8. The van der Waals surface area contributed by atoms with Crippen LogP contribution in [-0.2, 0) is 44.1 Å². The molecule has 0 saturated carbocycles. The highest BCUT2D eigenvalue weighted by molar-refractivity contribution is 6.53. The summed E-state index contributed by atoms with van der Waals surface area (Å²) in [4.78, 5) is 0. The molecule has 4 aromatic rings. The van der Waals surface area contributed by atoms with Crippen LogP contribution in [0, 0.1) is 0 Å². The molecule has 192 valence electrons. The van der Waals surface area contributed by atoms with Gasteiger partial charge in [-0.05, 0) is 70.8 Å². The summed E-state index contributed by atoms with van der Waals surface area (Å²) in [5, 5.41) is 38.5. The van der Waals surface area contributed by atoms with Crippen LogP contribution in [0.25, 0.3) is 0 Å². The van der Waals surface area contributed by atoms with Gasteiger partial charge in [-0.1, -0.05) is 48.5 Å². The molecule has 8 nitrogen and oxygen atoms in total. The number of phenolic OH excluding ortho intramolecular Hbond substituents is 4. The van der Waals surface area contributed by atoms with Crippen LogP contribution in [0.5, 0.6) is 23.0 Å². The van der Waals surface area contributed by atoms with E-state index in [4.69, 9.17) is 17.7 Å². The van der Waals surface area contributed by atoms with Crippen molar-refractivity contribution in [3.63, 3.8) is 0 Å². The van der Waals surface area contributed by atoms with E-state index in [0.717, 1.165) is 22.3 Å². The third-order valence-electron chi connectivity index (χ3n) is 5.41. The largest absolute Gasteiger partial charge is 0.680 e. The van der Waals surface area contributed by atoms with E-state index in [0.29, 0.717) is 0 Å². The Morgan fingerprint density at radius 3 is 0.730 bits per heavy atom. The second-order valence-corrected chi connectivity index (χ2v) is 10.5. The van der Waals surface area contributed by atoms with Gasteiger partial charge in [0.1, 0.15) is 23.0 Å². The van der Waals surface area contributed by atoms with Crippen molar-refractivity contribution in [3.05, 3.63) is 119 Å². The Balaban J connectivity index is 1.58. The molecule has 0 fully saturated rings. The van der Waals surface area contributed by atoms with Gasteiger partial charge < -0.3 is 38.1 Å². The summed E-state index contributed by atoms with van der Waals surface area (Å²) < 4.78 is 24.9. The first-order valence-corrected chi connectivity index (χ1v) is 13.2. The minimum Gasteiger partial charge on any atom is -0.508 e. The number of rotatable bonds is 12. The van der Waals surface area contributed by atoms with Crippen LogP contribution in [0.15, 0.2) is 97.1 Å². The maximum Gasteiger partial charge on any atom is 0.680 e. The Bertz CT molecular complexity index is 1040. The predicted octanol–water partition coefficient (Wildman–Crippen LogP) is 5.11. The molecule has 4 aromatic carbocycles. The number of phenols is 4. The lowest BCUT2D eigenvalue weighted by Crippen LogP contribution is -2.48. The maximum atomic E-state index is 9.61. The minimum atomic E-state index is -3.83. The Morgan fingerprint density at radius 1 is 0.351 bits per heavy atom. The molecule has 0 unspecified atom stereocenters. The monoisotopic (exact) mass is 520 g/mol. The van der Waals surface area contributed by atoms with E-state index in [9.17, 15) is 20.4 Å². The molecule has 0 heterocycles. The second-order valence-electron chi connectivity index (χ2n) is 8.32. The summed E-state index contributed by atoms with van der Waals surface area (Å²) in [6.07, 6.45) is 0. The van der Waals surface area contributed by atoms with Gasteiger partial charge in [0.25, 0.3) is 0 Å². The van der Waals surface area contributed by atoms with Crippen LogP contribution in [0.4, 0.5) is 0 Å². The van der Waals surface area contributed by atoms with Gasteiger partial charge in [0.05, 0.1) is 26.4 Å². The molecule has 0 aliphatic carbocycles. The molecule has 0 spiro atoms. The lowest BCUT2D eigenvalue weighted by atomic mass is 10.2. The normalized spacial score (nSPS) is 11.5. The highest BCUT2D eigenvalue weighted by Gasteiger charge is 2.46. The van der Waals surface area contributed by atoms with E-state index in [1.54, 1.807) is 97.1 Å². The molecule has 0 aliphatic heterocycles. The van der Waals surface area contributed by atoms with Crippen molar-refractivity contribution < 1.29 is 38.1 Å². The SMILES string of the molecule is Oc1ccc(CO[Si](OCc2ccc(O)cc2)(OCc2ccc(O)cc2)OCc2ccc(O)cc2)cc1. The van der Waals surface area contributed by atoms with Crippen molar-refractivity contribution in [2.75, 3.05) is 0 Å². The van der Waals surface area contributed by atoms with Crippen LogP contribution in [0.1, 0.15) is 22.3 Å². The molecule has 0 amide bonds. The fourth-order valence-electron chi connectivity index (χ4n) is 3.31. The molecular weight excluding hydrogens is 492 g/mol. The molecule has 0 radical (unpaired) electrons. The zero-order chi connectivity index (χ0) is 26.1. The van der Waals surface area contributed by atoms with E-state index >= 15 is 0 Å². The van der Waals surface area contributed by atoms with Gasteiger partial charge in [-0.2, -0.15) is 0 Å². The fourth-order valence-corrected chi connectivity index (χ4v) is 5.18. The molecule has 37 heavy (non-hydrogen) atoms. The van der Waals surface area contributed by atoms with E-state index < -0.39 is 9.05 Å². The van der Waals surface area contributed by atoms with Gasteiger partial charge in [-0.25, -0.2) is 0 Å². The van der Waals surface area contributed by atoms with E-state index in [-0.39, 0.29) is 49.4 Å². The van der Waals surface area contributed by atoms with Crippen molar-refractivity contribution >= 4 is 9.05 Å². The average Bonchev–Trinajstić information content (AvgIpc) is 2.91. The lowest BCUT2D eigenvalue weighted by Gasteiger charge is -2.28. The molecule has 4 rings (SSSR count). The zero-order valence-corrected chi connectivity index (χ0v) is 21.0. The first-order chi connectivity index (χ1) is 17.9. The van der Waals surface area contributed by atoms with Gasteiger partial charge in [0.15, 0.2) is 0 Å². The van der Waals surface area contributed by atoms with E-state index in [1.165, 1.54) is 0 Å². The van der Waals surface area contributed by atoms with Crippen LogP contribution < -0.4 is 0 Å². The van der Waals surface area contributed by atoms with Crippen LogP contribution in [0.3, 0.4) is 0 Å². The van der Waals surface area contributed by atoms with Crippen LogP contribution in [-0.4, -0.2) is 29.5 Å². The highest BCUT2D eigenvalue weighted by Crippen LogP contribution is 2.24. The van der Waals surface area contributed by atoms with Gasteiger partial charge in [-0.15, -0.1) is 0 Å². The fraction of sp³-hybridized carbons (Fsp3) is 0.143. The van der Waals surface area contributed by atoms with Gasteiger partial charge in [0, 0.05) is 0 Å². The van der Waals surface area contributed by atoms with Crippen molar-refractivity contribution in [3.8, 4) is 23.0 Å². The Morgan fingerprint density at radius 2 is 0.541 bits per heavy atom. The van der Waals surface area contributed by atoms with E-state index in [1.807, 2.05) is 0 Å². The Labute approximate surface area is 216 Å². The first-order valence-electron chi connectivity index (χ1n) is 11.6. The zero-order valence-electron chi connectivity index (χ0n) is 20.0. The molecule has 4 N–H and O–H groups in total. The smallest absolute Gasteiger partial charge is 0.508 e. The summed E-state index contributed by atoms with van der Waals surface area (Å²) in [6.45, 7) is 0.418. The number of hydrogen-bond donors (Lipinski definition) is 4. The maximum absolute atomic E-state index is 9.61. The summed E-state index contributed by atoms with van der Waals surface area (Å²) in [7, 11) is -3.83. The molecule has 0 aliphatic rings. The van der Waals surface area contributed by atoms with Gasteiger partial charge in [-0.3, -0.25) is 0 Å². The summed E-state index contributed by atoms with van der Waals surface area (Å²) in [5.41, 5.74) is 3.13. The number of benzene rings is 4. The quantitative estimate of drug-likeness (QED) is 0.190. The third-order valence-corrected chi connectivity index (χ3v) is 7.40. The lowest BCUT2D eigenvalue weighted by molar-refractivity contribution is -0.0521. The second kappa shape index (κ2) is 12.4. The van der Waals surface area contributed by atoms with E-state index in [2.05, 4.69) is 0 Å². The van der Waals surface area contributed by atoms with Gasteiger partial charge >= 0.3 is 9.05 Å². The Hall–Kier alpha value is -3.86. The van der Waals surface area contributed by atoms with Crippen molar-refractivity contribution in [1.82, 2.24) is 0 Å². The average molecular weight is 521 g/mol. The number of aromatic hydroxyl groups is 4. The molecular formula is C28H28O8Si. The predicted molar refractivity (Wildman–Crippen MR) is 137 cm³/mol. The third kappa shape index (κ3) is 8.07. The summed E-state index contributed by atoms with van der Waals surface area (Å²) in [6, 6.07) is 26.4. The minimum absolute atomic E-state index is 0.104. The molecule has 9 heteroatoms. The molecule has 0 atom stereocenters. The van der Waals surface area contributed by atoms with Crippen LogP contribution in [0.2, 0.25) is 0 Å². The highest BCUT2D eigenvalue weighted by atomic mass is 28.4. The molecule has 0 aromatic heterocycles. The standard InChI is InChI=1S/C28H28O8Si/c29-25-9-1-21(2-10-25)17-33-37(34-18-22-3-11-26(30)12-4-22,35-19-23-5-13-27(31)14-6-23)36-20-24-7-15-28(32)16-8-24/h1-16,29-32H,17-20H2. The Kier molecular flexibility index (Phi) is 8.78. The summed E-state index contributed by atoms with van der Waals surface area (Å²) >= 11 is 0. The summed E-state index contributed by atoms with van der Waals surface area (Å²) in [5.74, 6) is 0.567. The van der Waals surface area contributed by atoms with Crippen molar-refractivity contribution in [2.45, 2.75) is 26.4 Å². The van der Waals surface area contributed by atoms with Crippen molar-refractivity contribution in [1.29, 1.82) is 0 Å². The van der Waals surface area contributed by atoms with Crippen molar-refractivity contribution in [2.24, 2.45) is 0 Å². The molecule has 0 saturated heterocycles. The topological polar surface area (TPSA) is 118 Å². The van der Waals surface area contributed by atoms with Crippen LogP contribution >= 0.6 is 0 Å². The molecule has 0 bridgehead atoms. The first kappa shape index (κ1) is 26.2. The van der Waals surface area contributed by atoms with Gasteiger partial charge in [0.2, 0.25) is 0 Å².